The zero-order valence-electron chi connectivity index (χ0n) is 13.3. The molecule has 0 aliphatic carbocycles. The third-order valence-electron chi connectivity index (χ3n) is 3.40. The molecule has 1 aliphatic rings. The van der Waals surface area contributed by atoms with E-state index in [-0.39, 0.29) is 36.7 Å². The average molecular weight is 393 g/mol. The summed E-state index contributed by atoms with van der Waals surface area (Å²) in [6.07, 6.45) is 2.95. The van der Waals surface area contributed by atoms with Gasteiger partial charge in [0.2, 0.25) is 5.91 Å². The molecule has 0 saturated carbocycles. The van der Waals surface area contributed by atoms with Crippen LogP contribution in [0.4, 0.5) is 4.79 Å². The number of carbonyl (C=O) groups excluding carboxylic acids is 3. The minimum Gasteiger partial charge on any atom is -0.353 e. The number of aromatic nitrogens is 4. The van der Waals surface area contributed by atoms with E-state index in [9.17, 15) is 14.4 Å². The molecule has 0 radical (unpaired) electrons. The van der Waals surface area contributed by atoms with E-state index in [1.807, 2.05) is 0 Å². The Morgan fingerprint density at radius 3 is 2.73 bits per heavy atom. The first-order valence-electron chi connectivity index (χ1n) is 7.51. The predicted molar refractivity (Wildman–Crippen MR) is 95.0 cm³/mol. The molecule has 26 heavy (non-hydrogen) atoms. The number of carbonyl (C=O) groups is 3. The molecule has 3 amide bonds. The summed E-state index contributed by atoms with van der Waals surface area (Å²) in [5.41, 5.74) is 0.773. The van der Waals surface area contributed by atoms with Gasteiger partial charge in [-0.3, -0.25) is 19.3 Å². The van der Waals surface area contributed by atoms with Crippen LogP contribution in [0.25, 0.3) is 6.08 Å². The first kappa shape index (κ1) is 18.1. The molecule has 1 fully saturated rings. The average Bonchev–Trinajstić information content (AvgIpc) is 3.20. The van der Waals surface area contributed by atoms with Gasteiger partial charge in [-0.25, -0.2) is 4.68 Å². The van der Waals surface area contributed by atoms with Crippen molar-refractivity contribution in [2.45, 2.75) is 6.54 Å². The van der Waals surface area contributed by atoms with Gasteiger partial charge in [-0.15, -0.1) is 5.10 Å². The van der Waals surface area contributed by atoms with Crippen molar-refractivity contribution in [1.29, 1.82) is 0 Å². The highest BCUT2D eigenvalue weighted by Gasteiger charge is 2.34. The molecule has 2 heterocycles. The molecule has 11 heteroatoms. The van der Waals surface area contributed by atoms with Gasteiger partial charge in [0.25, 0.3) is 11.1 Å². The van der Waals surface area contributed by atoms with E-state index in [1.165, 1.54) is 11.0 Å². The second-order valence-corrected chi connectivity index (χ2v) is 6.67. The lowest BCUT2D eigenvalue weighted by atomic mass is 10.2. The van der Waals surface area contributed by atoms with Crippen molar-refractivity contribution in [3.8, 4) is 0 Å². The maximum absolute atomic E-state index is 12.4. The molecule has 1 aliphatic heterocycles. The number of halogens is 1. The summed E-state index contributed by atoms with van der Waals surface area (Å²) in [7, 11) is 0. The number of hydrogen-bond donors (Lipinski definition) is 1. The molecule has 3 rings (SSSR count). The van der Waals surface area contributed by atoms with Crippen molar-refractivity contribution in [2.75, 3.05) is 13.1 Å². The Hall–Kier alpha value is -2.72. The summed E-state index contributed by atoms with van der Waals surface area (Å²) < 4.78 is 1.27. The largest absolute Gasteiger partial charge is 0.353 e. The summed E-state index contributed by atoms with van der Waals surface area (Å²) >= 11 is 6.69. The Morgan fingerprint density at radius 1 is 1.27 bits per heavy atom. The maximum atomic E-state index is 12.4. The number of hydrogen-bond acceptors (Lipinski definition) is 7. The lowest BCUT2D eigenvalue weighted by Gasteiger charge is -2.12. The van der Waals surface area contributed by atoms with Gasteiger partial charge in [-0.1, -0.05) is 23.7 Å². The normalized spacial score (nSPS) is 15.7. The zero-order chi connectivity index (χ0) is 18.5. The van der Waals surface area contributed by atoms with Gasteiger partial charge in [0.15, 0.2) is 0 Å². The van der Waals surface area contributed by atoms with E-state index in [0.717, 1.165) is 22.2 Å². The van der Waals surface area contributed by atoms with Crippen LogP contribution < -0.4 is 5.32 Å². The van der Waals surface area contributed by atoms with Gasteiger partial charge >= 0.3 is 0 Å². The van der Waals surface area contributed by atoms with Gasteiger partial charge in [-0.05, 0) is 46.0 Å². The van der Waals surface area contributed by atoms with Crippen LogP contribution in [0.5, 0.6) is 0 Å². The Labute approximate surface area is 157 Å². The number of thioether (sulfide) groups is 1. The van der Waals surface area contributed by atoms with Gasteiger partial charge in [-0.2, -0.15) is 0 Å². The van der Waals surface area contributed by atoms with Crippen LogP contribution in [0, 0.1) is 0 Å². The number of rotatable bonds is 6. The summed E-state index contributed by atoms with van der Waals surface area (Å²) in [6.45, 7) is 0.197. The Morgan fingerprint density at radius 2 is 2.04 bits per heavy atom. The standard InChI is InChI=1S/C15H13ClN6O3S/c16-11-3-1-10(2-4-11)7-12-14(24)22(15(25)26-12)6-5-17-13(23)8-21-9-18-19-20-21/h1-4,7,9H,5-6,8H2,(H,17,23)/b12-7+. The summed E-state index contributed by atoms with van der Waals surface area (Å²) in [5.74, 6) is -0.703. The smallest absolute Gasteiger partial charge is 0.293 e. The monoisotopic (exact) mass is 392 g/mol. The SMILES string of the molecule is O=C(Cn1cnnn1)NCCN1C(=O)S/C(=C/c2ccc(Cl)cc2)C1=O. The summed E-state index contributed by atoms with van der Waals surface area (Å²) in [5, 5.41) is 13.3. The minimum absolute atomic E-state index is 0.0363. The number of benzene rings is 1. The molecule has 0 unspecified atom stereocenters. The lowest BCUT2D eigenvalue weighted by Crippen LogP contribution is -2.38. The van der Waals surface area contributed by atoms with Gasteiger partial charge in [0.1, 0.15) is 12.9 Å². The molecule has 0 atom stereocenters. The first-order chi connectivity index (χ1) is 12.5. The molecule has 9 nitrogen and oxygen atoms in total. The van der Waals surface area contributed by atoms with E-state index >= 15 is 0 Å². The highest BCUT2D eigenvalue weighted by molar-refractivity contribution is 8.18. The first-order valence-corrected chi connectivity index (χ1v) is 8.71. The quantitative estimate of drug-likeness (QED) is 0.735. The highest BCUT2D eigenvalue weighted by Crippen LogP contribution is 2.32. The zero-order valence-corrected chi connectivity index (χ0v) is 14.9. The van der Waals surface area contributed by atoms with Crippen molar-refractivity contribution in [3.05, 3.63) is 46.1 Å². The number of imide groups is 1. The van der Waals surface area contributed by atoms with E-state index in [1.54, 1.807) is 30.3 Å². The number of tetrazole rings is 1. The van der Waals surface area contributed by atoms with Crippen LogP contribution in [0.3, 0.4) is 0 Å². The minimum atomic E-state index is -0.385. The third kappa shape index (κ3) is 4.46. The predicted octanol–water partition coefficient (Wildman–Crippen LogP) is 1.18. The van der Waals surface area contributed by atoms with Crippen LogP contribution in [0.15, 0.2) is 35.5 Å². The Balaban J connectivity index is 1.54. The van der Waals surface area contributed by atoms with Crippen molar-refractivity contribution < 1.29 is 14.4 Å². The lowest BCUT2D eigenvalue weighted by molar-refractivity contribution is -0.124. The van der Waals surface area contributed by atoms with E-state index in [2.05, 4.69) is 20.8 Å². The number of amides is 3. The van der Waals surface area contributed by atoms with Crippen molar-refractivity contribution in [2.24, 2.45) is 0 Å². The number of nitrogens with zero attached hydrogens (tertiary/aromatic N) is 5. The molecule has 134 valence electrons. The fourth-order valence-electron chi connectivity index (χ4n) is 2.17. The van der Waals surface area contributed by atoms with Crippen LogP contribution in [0.2, 0.25) is 5.02 Å². The van der Waals surface area contributed by atoms with Crippen molar-refractivity contribution in [1.82, 2.24) is 30.4 Å². The third-order valence-corrected chi connectivity index (χ3v) is 4.56. The van der Waals surface area contributed by atoms with Crippen molar-refractivity contribution >= 4 is 46.5 Å². The molecular weight excluding hydrogens is 380 g/mol. The molecule has 1 aromatic heterocycles. The Bertz CT molecular complexity index is 853. The van der Waals surface area contributed by atoms with E-state index in [4.69, 9.17) is 11.6 Å². The molecule has 1 aromatic carbocycles. The fraction of sp³-hybridized carbons (Fsp3) is 0.200. The molecule has 0 spiro atoms. The van der Waals surface area contributed by atoms with Crippen LogP contribution in [-0.4, -0.2) is 55.3 Å². The molecule has 1 saturated heterocycles. The molecule has 2 aromatic rings. The molecular formula is C15H13ClN6O3S. The Kier molecular flexibility index (Phi) is 5.64. The second kappa shape index (κ2) is 8.11. The molecule has 0 bridgehead atoms. The number of nitrogens with one attached hydrogen (secondary N) is 1. The summed E-state index contributed by atoms with van der Waals surface area (Å²) in [4.78, 5) is 37.6. The van der Waals surface area contributed by atoms with E-state index in [0.29, 0.717) is 9.93 Å². The highest BCUT2D eigenvalue weighted by atomic mass is 35.5. The fourth-order valence-corrected chi connectivity index (χ4v) is 3.16. The topological polar surface area (TPSA) is 110 Å². The second-order valence-electron chi connectivity index (χ2n) is 5.24. The van der Waals surface area contributed by atoms with Gasteiger partial charge < -0.3 is 5.32 Å². The van der Waals surface area contributed by atoms with E-state index < -0.39 is 0 Å². The van der Waals surface area contributed by atoms with Gasteiger partial charge in [0, 0.05) is 18.1 Å². The van der Waals surface area contributed by atoms with Crippen LogP contribution in [0.1, 0.15) is 5.56 Å². The molecule has 1 N–H and O–H groups in total. The maximum Gasteiger partial charge on any atom is 0.293 e. The van der Waals surface area contributed by atoms with Gasteiger partial charge in [0.05, 0.1) is 4.91 Å². The summed E-state index contributed by atoms with van der Waals surface area (Å²) in [6, 6.07) is 6.93. The van der Waals surface area contributed by atoms with Crippen molar-refractivity contribution in [3.63, 3.8) is 0 Å². The van der Waals surface area contributed by atoms with Crippen LogP contribution in [-0.2, 0) is 16.1 Å². The van der Waals surface area contributed by atoms with Crippen LogP contribution >= 0.6 is 23.4 Å².